The predicted molar refractivity (Wildman–Crippen MR) is 71.2 cm³/mol. The summed E-state index contributed by atoms with van der Waals surface area (Å²) in [6.07, 6.45) is 4.80. The SMILES string of the molecule is O=C(O)Cc1ccccn1.O=C(O)Cc1cccnc1. The van der Waals surface area contributed by atoms with Gasteiger partial charge < -0.3 is 10.2 Å². The molecule has 2 N–H and O–H groups in total. The molecule has 20 heavy (non-hydrogen) atoms. The molecule has 0 aromatic carbocycles. The van der Waals surface area contributed by atoms with Gasteiger partial charge >= 0.3 is 11.9 Å². The highest BCUT2D eigenvalue weighted by Gasteiger charge is 1.98. The van der Waals surface area contributed by atoms with Gasteiger partial charge in [0.25, 0.3) is 0 Å². The van der Waals surface area contributed by atoms with Crippen molar-refractivity contribution >= 4 is 11.9 Å². The summed E-state index contributed by atoms with van der Waals surface area (Å²) in [5, 5.41) is 16.7. The van der Waals surface area contributed by atoms with Gasteiger partial charge in [-0.2, -0.15) is 0 Å². The van der Waals surface area contributed by atoms with Crippen molar-refractivity contribution in [1.82, 2.24) is 9.97 Å². The monoisotopic (exact) mass is 274 g/mol. The van der Waals surface area contributed by atoms with Crippen LogP contribution in [0.1, 0.15) is 11.3 Å². The Morgan fingerprint density at radius 2 is 1.70 bits per heavy atom. The van der Waals surface area contributed by atoms with Crippen molar-refractivity contribution in [1.29, 1.82) is 0 Å². The maximum atomic E-state index is 10.1. The molecule has 0 amide bonds. The Bertz CT molecular complexity index is 492. The Labute approximate surface area is 115 Å². The fraction of sp³-hybridized carbons (Fsp3) is 0.143. The van der Waals surface area contributed by atoms with E-state index in [9.17, 15) is 9.59 Å². The van der Waals surface area contributed by atoms with Crippen LogP contribution < -0.4 is 0 Å². The Kier molecular flexibility index (Phi) is 6.40. The molecule has 2 heterocycles. The van der Waals surface area contributed by atoms with Crippen molar-refractivity contribution in [2.24, 2.45) is 0 Å². The molecule has 2 aromatic rings. The second-order valence-electron chi connectivity index (χ2n) is 3.82. The molecule has 0 aliphatic carbocycles. The average molecular weight is 274 g/mol. The number of carboxylic acids is 2. The van der Waals surface area contributed by atoms with Crippen LogP contribution in [0.15, 0.2) is 48.9 Å². The highest BCUT2D eigenvalue weighted by atomic mass is 16.4. The van der Waals surface area contributed by atoms with E-state index < -0.39 is 11.9 Å². The average Bonchev–Trinajstić information content (AvgIpc) is 2.40. The molecular weight excluding hydrogens is 260 g/mol. The van der Waals surface area contributed by atoms with E-state index in [0.717, 1.165) is 5.56 Å². The second kappa shape index (κ2) is 8.36. The fourth-order valence-electron chi connectivity index (χ4n) is 1.33. The zero-order valence-electron chi connectivity index (χ0n) is 10.6. The Morgan fingerprint density at radius 1 is 0.950 bits per heavy atom. The standard InChI is InChI=1S/2C7H7NO2/c9-7(10)4-6-2-1-3-8-5-6;9-7(10)5-6-3-1-2-4-8-6/h1-3,5H,4H2,(H,9,10);1-4H,5H2,(H,9,10). The minimum absolute atomic E-state index is 0.000833. The molecule has 2 aromatic heterocycles. The summed E-state index contributed by atoms with van der Waals surface area (Å²) in [5.41, 5.74) is 1.32. The molecular formula is C14H14N2O4. The Morgan fingerprint density at radius 3 is 2.20 bits per heavy atom. The van der Waals surface area contributed by atoms with Crippen molar-refractivity contribution in [3.8, 4) is 0 Å². The third-order valence-electron chi connectivity index (χ3n) is 2.14. The summed E-state index contributed by atoms with van der Waals surface area (Å²) in [4.78, 5) is 27.9. The number of aromatic nitrogens is 2. The molecule has 0 bridgehead atoms. The van der Waals surface area contributed by atoms with Crippen LogP contribution in [-0.2, 0) is 22.4 Å². The first-order chi connectivity index (χ1) is 9.58. The molecule has 0 saturated carbocycles. The molecule has 2 rings (SSSR count). The molecule has 0 unspecified atom stereocenters. The van der Waals surface area contributed by atoms with Crippen molar-refractivity contribution < 1.29 is 19.8 Å². The number of hydrogen-bond donors (Lipinski definition) is 2. The first-order valence-electron chi connectivity index (χ1n) is 5.80. The number of aliphatic carboxylic acids is 2. The number of nitrogens with zero attached hydrogens (tertiary/aromatic N) is 2. The van der Waals surface area contributed by atoms with Gasteiger partial charge in [-0.15, -0.1) is 0 Å². The lowest BCUT2D eigenvalue weighted by Crippen LogP contribution is -2.01. The van der Waals surface area contributed by atoms with Gasteiger partial charge in [0, 0.05) is 18.6 Å². The summed E-state index contributed by atoms with van der Waals surface area (Å²) in [6, 6.07) is 8.67. The van der Waals surface area contributed by atoms with E-state index in [2.05, 4.69) is 9.97 Å². The smallest absolute Gasteiger partial charge is 0.309 e. The third-order valence-corrected chi connectivity index (χ3v) is 2.14. The quantitative estimate of drug-likeness (QED) is 0.874. The maximum absolute atomic E-state index is 10.1. The predicted octanol–water partition coefficient (Wildman–Crippen LogP) is 1.42. The highest BCUT2D eigenvalue weighted by Crippen LogP contribution is 1.95. The summed E-state index contributed by atoms with van der Waals surface area (Å²) in [7, 11) is 0. The van der Waals surface area contributed by atoms with E-state index in [1.165, 1.54) is 0 Å². The summed E-state index contributed by atoms with van der Waals surface area (Å²) < 4.78 is 0. The van der Waals surface area contributed by atoms with E-state index in [1.54, 1.807) is 48.9 Å². The van der Waals surface area contributed by atoms with Crippen LogP contribution in [0.4, 0.5) is 0 Å². The first-order valence-corrected chi connectivity index (χ1v) is 5.80. The van der Waals surface area contributed by atoms with Crippen molar-refractivity contribution in [3.63, 3.8) is 0 Å². The van der Waals surface area contributed by atoms with Crippen molar-refractivity contribution in [2.75, 3.05) is 0 Å². The fourth-order valence-corrected chi connectivity index (χ4v) is 1.33. The summed E-state index contributed by atoms with van der Waals surface area (Å²) in [6.45, 7) is 0. The molecule has 0 fully saturated rings. The summed E-state index contributed by atoms with van der Waals surface area (Å²) in [5.74, 6) is -1.67. The lowest BCUT2D eigenvalue weighted by Gasteiger charge is -1.91. The number of hydrogen-bond acceptors (Lipinski definition) is 4. The van der Waals surface area contributed by atoms with E-state index in [-0.39, 0.29) is 12.8 Å². The molecule has 0 aliphatic rings. The van der Waals surface area contributed by atoms with Crippen LogP contribution in [0, 0.1) is 0 Å². The molecule has 104 valence electrons. The van der Waals surface area contributed by atoms with Gasteiger partial charge in [-0.1, -0.05) is 12.1 Å². The lowest BCUT2D eigenvalue weighted by molar-refractivity contribution is -0.137. The lowest BCUT2D eigenvalue weighted by atomic mass is 10.2. The minimum Gasteiger partial charge on any atom is -0.481 e. The second-order valence-corrected chi connectivity index (χ2v) is 3.82. The third kappa shape index (κ3) is 6.85. The van der Waals surface area contributed by atoms with Crippen LogP contribution in [0.2, 0.25) is 0 Å². The molecule has 0 saturated heterocycles. The first kappa shape index (κ1) is 15.3. The Hall–Kier alpha value is -2.76. The van der Waals surface area contributed by atoms with E-state index in [4.69, 9.17) is 10.2 Å². The van der Waals surface area contributed by atoms with Crippen LogP contribution in [0.5, 0.6) is 0 Å². The molecule has 6 nitrogen and oxygen atoms in total. The van der Waals surface area contributed by atoms with Gasteiger partial charge in [0.05, 0.1) is 18.5 Å². The number of pyridine rings is 2. The zero-order valence-corrected chi connectivity index (χ0v) is 10.6. The molecule has 0 aliphatic heterocycles. The number of rotatable bonds is 4. The number of carboxylic acid groups (broad SMARTS) is 2. The van der Waals surface area contributed by atoms with Gasteiger partial charge in [0.1, 0.15) is 0 Å². The van der Waals surface area contributed by atoms with Gasteiger partial charge in [-0.05, 0) is 23.8 Å². The molecule has 0 atom stereocenters. The van der Waals surface area contributed by atoms with Crippen molar-refractivity contribution in [2.45, 2.75) is 12.8 Å². The van der Waals surface area contributed by atoms with E-state index in [0.29, 0.717) is 5.69 Å². The summed E-state index contributed by atoms with van der Waals surface area (Å²) >= 11 is 0. The number of carbonyl (C=O) groups is 2. The van der Waals surface area contributed by atoms with Crippen LogP contribution in [-0.4, -0.2) is 32.1 Å². The van der Waals surface area contributed by atoms with Gasteiger partial charge in [-0.25, -0.2) is 0 Å². The van der Waals surface area contributed by atoms with Gasteiger partial charge in [0.2, 0.25) is 0 Å². The van der Waals surface area contributed by atoms with Crippen LogP contribution in [0.25, 0.3) is 0 Å². The van der Waals surface area contributed by atoms with Crippen LogP contribution in [0.3, 0.4) is 0 Å². The van der Waals surface area contributed by atoms with Gasteiger partial charge in [0.15, 0.2) is 0 Å². The molecule has 6 heteroatoms. The van der Waals surface area contributed by atoms with E-state index >= 15 is 0 Å². The van der Waals surface area contributed by atoms with Gasteiger partial charge in [-0.3, -0.25) is 19.6 Å². The normalized spacial score (nSPS) is 9.20. The Balaban J connectivity index is 0.000000200. The zero-order chi connectivity index (χ0) is 14.8. The van der Waals surface area contributed by atoms with Crippen molar-refractivity contribution in [3.05, 3.63) is 60.2 Å². The largest absolute Gasteiger partial charge is 0.481 e. The highest BCUT2D eigenvalue weighted by molar-refractivity contribution is 5.70. The van der Waals surface area contributed by atoms with E-state index in [1.807, 2.05) is 0 Å². The maximum Gasteiger partial charge on any atom is 0.309 e. The molecule has 0 spiro atoms. The minimum atomic E-state index is -0.848. The topological polar surface area (TPSA) is 100 Å². The molecule has 0 radical (unpaired) electrons. The van der Waals surface area contributed by atoms with Crippen LogP contribution >= 0.6 is 0 Å².